The van der Waals surface area contributed by atoms with Crippen LogP contribution in [0.25, 0.3) is 10.9 Å². The lowest BCUT2D eigenvalue weighted by Gasteiger charge is -2.29. The number of likely N-dealkylation sites (tertiary alicyclic amines) is 1. The fraction of sp³-hybridized carbons (Fsp3) is 0.538. The van der Waals surface area contributed by atoms with Crippen molar-refractivity contribution in [1.29, 1.82) is 0 Å². The highest BCUT2D eigenvalue weighted by molar-refractivity contribution is 6.38. The predicted octanol–water partition coefficient (Wildman–Crippen LogP) is 3.52. The van der Waals surface area contributed by atoms with Crippen LogP contribution in [0.4, 0.5) is 0 Å². The summed E-state index contributed by atoms with van der Waals surface area (Å²) in [6.07, 6.45) is 4.84. The molecule has 10 heteroatoms. The Bertz CT molecular complexity index is 1230. The van der Waals surface area contributed by atoms with Gasteiger partial charge in [0.2, 0.25) is 5.91 Å². The van der Waals surface area contributed by atoms with Crippen LogP contribution in [0.1, 0.15) is 55.4 Å². The maximum Gasteiger partial charge on any atom is 0.271 e. The van der Waals surface area contributed by atoms with Gasteiger partial charge in [-0.05, 0) is 62.1 Å². The minimum absolute atomic E-state index is 0.00523. The minimum Gasteiger partial charge on any atom is -0.389 e. The number of aliphatic hydroxyl groups excluding tert-OH is 1. The Morgan fingerprint density at radius 1 is 1.14 bits per heavy atom. The molecule has 3 fully saturated rings. The van der Waals surface area contributed by atoms with Crippen molar-refractivity contribution in [2.45, 2.75) is 57.0 Å². The summed E-state index contributed by atoms with van der Waals surface area (Å²) in [5.41, 5.74) is 0.942. The fourth-order valence-corrected chi connectivity index (χ4v) is 6.89. The molecule has 2 aromatic rings. The van der Waals surface area contributed by atoms with Crippen molar-refractivity contribution in [3.05, 3.63) is 33.9 Å². The van der Waals surface area contributed by atoms with Gasteiger partial charge in [-0.3, -0.25) is 19.2 Å². The third-order valence-electron chi connectivity index (χ3n) is 8.11. The Labute approximate surface area is 218 Å². The second kappa shape index (κ2) is 10.1. The number of H-pyrrole nitrogens is 1. The molecule has 1 aliphatic heterocycles. The zero-order chi connectivity index (χ0) is 25.6. The number of Topliss-reactive ketones (excluding diaryl/α,β-unsaturated/α-hetero) is 2. The van der Waals surface area contributed by atoms with Crippen LogP contribution in [0.15, 0.2) is 18.2 Å². The van der Waals surface area contributed by atoms with Crippen molar-refractivity contribution in [2.75, 3.05) is 13.2 Å². The van der Waals surface area contributed by atoms with Crippen LogP contribution in [0.3, 0.4) is 0 Å². The van der Waals surface area contributed by atoms with Crippen molar-refractivity contribution in [2.24, 2.45) is 17.8 Å². The van der Waals surface area contributed by atoms with Gasteiger partial charge in [0.25, 0.3) is 5.91 Å². The monoisotopic (exact) mass is 533 g/mol. The fourth-order valence-electron chi connectivity index (χ4n) is 6.34. The summed E-state index contributed by atoms with van der Waals surface area (Å²) in [7, 11) is 0. The molecular weight excluding hydrogens is 505 g/mol. The highest BCUT2D eigenvalue weighted by atomic mass is 35.5. The lowest BCUT2D eigenvalue weighted by molar-refractivity contribution is -0.133. The number of aliphatic hydroxyl groups is 1. The second-order valence-corrected chi connectivity index (χ2v) is 11.1. The van der Waals surface area contributed by atoms with Crippen LogP contribution < -0.4 is 5.32 Å². The molecule has 2 aliphatic carbocycles. The number of nitrogens with zero attached hydrogens (tertiary/aromatic N) is 1. The predicted molar refractivity (Wildman–Crippen MR) is 135 cm³/mol. The third-order valence-corrected chi connectivity index (χ3v) is 8.65. The summed E-state index contributed by atoms with van der Waals surface area (Å²) in [6, 6.07) is 3.28. The van der Waals surface area contributed by atoms with Crippen LogP contribution in [-0.4, -0.2) is 63.6 Å². The Kier molecular flexibility index (Phi) is 7.12. The zero-order valence-electron chi connectivity index (χ0n) is 19.8. The Balaban J connectivity index is 1.40. The second-order valence-electron chi connectivity index (χ2n) is 10.3. The van der Waals surface area contributed by atoms with E-state index in [1.165, 1.54) is 0 Å². The molecule has 2 heterocycles. The van der Waals surface area contributed by atoms with Gasteiger partial charge in [0, 0.05) is 34.8 Å². The van der Waals surface area contributed by atoms with E-state index in [2.05, 4.69) is 10.3 Å². The number of aromatic amines is 1. The van der Waals surface area contributed by atoms with E-state index in [0.717, 1.165) is 25.7 Å². The number of ketones is 2. The number of hydrogen-bond acceptors (Lipinski definition) is 5. The summed E-state index contributed by atoms with van der Waals surface area (Å²) in [5.74, 6) is -1.26. The van der Waals surface area contributed by atoms with Crippen LogP contribution >= 0.6 is 23.2 Å². The maximum atomic E-state index is 13.6. The van der Waals surface area contributed by atoms with Crippen LogP contribution in [0.5, 0.6) is 0 Å². The van der Waals surface area contributed by atoms with E-state index in [1.54, 1.807) is 23.1 Å². The number of carbonyl (C=O) groups excluding carboxylic acids is 4. The molecule has 1 aromatic carbocycles. The van der Waals surface area contributed by atoms with Gasteiger partial charge in [-0.2, -0.15) is 0 Å². The molecule has 0 bridgehead atoms. The van der Waals surface area contributed by atoms with E-state index in [9.17, 15) is 24.3 Å². The summed E-state index contributed by atoms with van der Waals surface area (Å²) in [5, 5.41) is 13.8. The lowest BCUT2D eigenvalue weighted by Crippen LogP contribution is -2.53. The van der Waals surface area contributed by atoms with Crippen molar-refractivity contribution in [3.63, 3.8) is 0 Å². The molecule has 3 N–H and O–H groups in total. The molecule has 8 nitrogen and oxygen atoms in total. The van der Waals surface area contributed by atoms with E-state index in [4.69, 9.17) is 23.2 Å². The number of aromatic nitrogens is 1. The lowest BCUT2D eigenvalue weighted by atomic mass is 9.91. The average molecular weight is 534 g/mol. The molecule has 0 radical (unpaired) electrons. The third kappa shape index (κ3) is 4.66. The first-order valence-electron chi connectivity index (χ1n) is 12.5. The van der Waals surface area contributed by atoms with Gasteiger partial charge in [0.05, 0.1) is 11.1 Å². The van der Waals surface area contributed by atoms with Crippen LogP contribution in [0, 0.1) is 17.8 Å². The van der Waals surface area contributed by atoms with Gasteiger partial charge in [-0.25, -0.2) is 0 Å². The van der Waals surface area contributed by atoms with Crippen LogP contribution in [-0.2, 0) is 14.4 Å². The molecule has 5 atom stereocenters. The molecule has 192 valence electrons. The molecule has 1 aromatic heterocycles. The normalized spacial score (nSPS) is 26.4. The first kappa shape index (κ1) is 25.2. The van der Waals surface area contributed by atoms with Gasteiger partial charge in [0.1, 0.15) is 24.1 Å². The van der Waals surface area contributed by atoms with Crippen molar-refractivity contribution in [3.8, 4) is 0 Å². The molecular formula is C26H29Cl2N3O5. The molecule has 36 heavy (non-hydrogen) atoms. The largest absolute Gasteiger partial charge is 0.389 e. The highest BCUT2D eigenvalue weighted by Gasteiger charge is 2.50. The summed E-state index contributed by atoms with van der Waals surface area (Å²) < 4.78 is 0. The number of fused-ring (bicyclic) bond motifs is 2. The quantitative estimate of drug-likeness (QED) is 0.502. The zero-order valence-corrected chi connectivity index (χ0v) is 21.3. The molecule has 5 rings (SSSR count). The summed E-state index contributed by atoms with van der Waals surface area (Å²) in [4.78, 5) is 56.6. The number of amides is 2. The van der Waals surface area contributed by atoms with Gasteiger partial charge >= 0.3 is 0 Å². The van der Waals surface area contributed by atoms with E-state index >= 15 is 0 Å². The van der Waals surface area contributed by atoms with Gasteiger partial charge in [-0.15, -0.1) is 0 Å². The van der Waals surface area contributed by atoms with E-state index in [1.807, 2.05) is 0 Å². The minimum atomic E-state index is -0.957. The number of carbonyl (C=O) groups is 4. The van der Waals surface area contributed by atoms with Gasteiger partial charge < -0.3 is 20.3 Å². The molecule has 1 saturated heterocycles. The molecule has 0 unspecified atom stereocenters. The van der Waals surface area contributed by atoms with Gasteiger partial charge in [0.15, 0.2) is 5.78 Å². The molecule has 0 spiro atoms. The summed E-state index contributed by atoms with van der Waals surface area (Å²) in [6.45, 7) is -0.269. The Hall–Kier alpha value is -2.42. The van der Waals surface area contributed by atoms with Crippen LogP contribution in [0.2, 0.25) is 10.0 Å². The van der Waals surface area contributed by atoms with E-state index in [0.29, 0.717) is 46.0 Å². The smallest absolute Gasteiger partial charge is 0.271 e. The van der Waals surface area contributed by atoms with Crippen molar-refractivity contribution >= 4 is 57.5 Å². The average Bonchev–Trinajstić information content (AvgIpc) is 3.61. The first-order valence-corrected chi connectivity index (χ1v) is 13.3. The van der Waals surface area contributed by atoms with Gasteiger partial charge in [-0.1, -0.05) is 29.6 Å². The van der Waals surface area contributed by atoms with Crippen molar-refractivity contribution in [1.82, 2.24) is 15.2 Å². The number of benzene rings is 1. The number of halogens is 2. The first-order chi connectivity index (χ1) is 17.3. The number of rotatable bonds is 7. The van der Waals surface area contributed by atoms with E-state index in [-0.39, 0.29) is 35.9 Å². The Morgan fingerprint density at radius 2 is 1.94 bits per heavy atom. The Morgan fingerprint density at radius 3 is 2.67 bits per heavy atom. The van der Waals surface area contributed by atoms with Crippen molar-refractivity contribution < 1.29 is 24.3 Å². The SMILES string of the molecule is O=C1CCC[C@H]1C[C@H](NC(=O)[C@@H]1[C@H]2CCC[C@H]2CN1C(=O)c1cc2c(Cl)cc(Cl)cc2[nH]1)C(=O)CO. The maximum absolute atomic E-state index is 13.6. The number of nitrogens with one attached hydrogen (secondary N) is 2. The summed E-state index contributed by atoms with van der Waals surface area (Å²) >= 11 is 12.4. The van der Waals surface area contributed by atoms with E-state index < -0.39 is 30.4 Å². The highest BCUT2D eigenvalue weighted by Crippen LogP contribution is 2.43. The standard InChI is InChI=1S/C26H29Cl2N3O5/c27-15-8-18(28)17-10-21(29-19(17)9-15)26(36)31-11-14-4-1-5-16(14)24(31)25(35)30-20(23(34)12-32)7-13-3-2-6-22(13)33/h8-10,13-14,16,20,24,29,32H,1-7,11-12H2,(H,30,35)/t13-,14-,16-,20-,24-/m0/s1. The molecule has 2 saturated carbocycles. The molecule has 3 aliphatic rings. The number of hydrogen-bond donors (Lipinski definition) is 3. The topological polar surface area (TPSA) is 120 Å². The molecule has 2 amide bonds.